The number of nitrogens with one attached hydrogen (secondary N) is 2. The van der Waals surface area contributed by atoms with E-state index < -0.39 is 16.3 Å². The molecule has 2 heterocycles. The highest BCUT2D eigenvalue weighted by molar-refractivity contribution is 7.87. The van der Waals surface area contributed by atoms with Crippen molar-refractivity contribution in [3.63, 3.8) is 0 Å². The number of benzene rings is 1. The number of nitrogens with zero attached hydrogens (tertiary/aromatic N) is 2. The summed E-state index contributed by atoms with van der Waals surface area (Å²) in [5, 5.41) is 8.40. The van der Waals surface area contributed by atoms with Crippen molar-refractivity contribution < 1.29 is 17.8 Å². The van der Waals surface area contributed by atoms with E-state index in [1.54, 1.807) is 24.3 Å². The van der Waals surface area contributed by atoms with E-state index in [0.717, 1.165) is 34.2 Å². The third kappa shape index (κ3) is 6.82. The van der Waals surface area contributed by atoms with E-state index in [1.165, 1.54) is 22.7 Å². The standard InChI is InChI=1S/C20H24N4O4S3/c1-3-14-11-29-19(21-14)10-18(25)23-17(20-22-15(4-2)12-30-20)9-13-7-5-6-8-16(13)24-31(26,27)28/h5-8,11-12,17,24H,3-4,9-10H2,1-2H3,(H,23,25)(H,26,27,28). The van der Waals surface area contributed by atoms with Crippen molar-refractivity contribution in [3.8, 4) is 0 Å². The maximum Gasteiger partial charge on any atom is 0.357 e. The number of thiazole rings is 2. The summed E-state index contributed by atoms with van der Waals surface area (Å²) in [5.74, 6) is -0.185. The highest BCUT2D eigenvalue weighted by Gasteiger charge is 2.21. The van der Waals surface area contributed by atoms with Crippen LogP contribution < -0.4 is 10.0 Å². The molecule has 0 aliphatic rings. The smallest absolute Gasteiger partial charge is 0.346 e. The van der Waals surface area contributed by atoms with Gasteiger partial charge >= 0.3 is 10.3 Å². The molecule has 2 aromatic heterocycles. The fraction of sp³-hybridized carbons (Fsp3) is 0.350. The summed E-state index contributed by atoms with van der Waals surface area (Å²) in [7, 11) is -4.42. The topological polar surface area (TPSA) is 121 Å². The molecule has 11 heteroatoms. The van der Waals surface area contributed by atoms with Gasteiger partial charge in [-0.1, -0.05) is 32.0 Å². The molecule has 0 saturated heterocycles. The molecule has 8 nitrogen and oxygen atoms in total. The summed E-state index contributed by atoms with van der Waals surface area (Å²) >= 11 is 2.91. The zero-order valence-electron chi connectivity index (χ0n) is 17.2. The van der Waals surface area contributed by atoms with Crippen molar-refractivity contribution in [2.75, 3.05) is 4.72 Å². The van der Waals surface area contributed by atoms with Crippen molar-refractivity contribution in [1.82, 2.24) is 15.3 Å². The monoisotopic (exact) mass is 480 g/mol. The molecule has 0 aliphatic carbocycles. The minimum absolute atomic E-state index is 0.165. The second kappa shape index (κ2) is 10.3. The molecule has 31 heavy (non-hydrogen) atoms. The number of amides is 1. The predicted octanol–water partition coefficient (Wildman–Crippen LogP) is 3.58. The van der Waals surface area contributed by atoms with Crippen LogP contribution >= 0.6 is 22.7 Å². The first-order valence-corrected chi connectivity index (χ1v) is 13.0. The number of aryl methyl sites for hydroxylation is 2. The summed E-state index contributed by atoms with van der Waals surface area (Å²) in [4.78, 5) is 21.8. The van der Waals surface area contributed by atoms with Crippen LogP contribution in [0.15, 0.2) is 35.0 Å². The average Bonchev–Trinajstić information content (AvgIpc) is 3.37. The van der Waals surface area contributed by atoms with Crippen LogP contribution in [0.2, 0.25) is 0 Å². The number of aromatic nitrogens is 2. The number of hydrogen-bond donors (Lipinski definition) is 3. The molecule has 1 atom stereocenters. The number of para-hydroxylation sites is 1. The molecule has 0 bridgehead atoms. The van der Waals surface area contributed by atoms with Crippen LogP contribution in [0.3, 0.4) is 0 Å². The first-order chi connectivity index (χ1) is 14.8. The molecule has 0 radical (unpaired) electrons. The van der Waals surface area contributed by atoms with Gasteiger partial charge in [0.1, 0.15) is 10.0 Å². The van der Waals surface area contributed by atoms with Gasteiger partial charge in [0.2, 0.25) is 5.91 Å². The molecule has 0 fully saturated rings. The van der Waals surface area contributed by atoms with E-state index in [0.29, 0.717) is 12.0 Å². The van der Waals surface area contributed by atoms with Crippen molar-refractivity contribution in [3.05, 3.63) is 62.0 Å². The first kappa shape index (κ1) is 23.3. The molecule has 3 aromatic rings. The summed E-state index contributed by atoms with van der Waals surface area (Å²) in [6, 6.07) is 6.28. The van der Waals surface area contributed by atoms with E-state index in [-0.39, 0.29) is 18.0 Å². The van der Waals surface area contributed by atoms with Crippen molar-refractivity contribution in [1.29, 1.82) is 0 Å². The lowest BCUT2D eigenvalue weighted by Gasteiger charge is -2.18. The molecule has 1 amide bonds. The molecule has 0 spiro atoms. The van der Waals surface area contributed by atoms with Gasteiger partial charge in [0.05, 0.1) is 29.5 Å². The van der Waals surface area contributed by atoms with Crippen molar-refractivity contribution >= 4 is 44.6 Å². The minimum atomic E-state index is -4.42. The Morgan fingerprint density at radius 2 is 1.77 bits per heavy atom. The normalized spacial score (nSPS) is 12.5. The molecular weight excluding hydrogens is 456 g/mol. The third-order valence-corrected chi connectivity index (χ3v) is 6.90. The quantitative estimate of drug-likeness (QED) is 0.381. The predicted molar refractivity (Wildman–Crippen MR) is 123 cm³/mol. The van der Waals surface area contributed by atoms with Crippen LogP contribution in [0.5, 0.6) is 0 Å². The van der Waals surface area contributed by atoms with E-state index >= 15 is 0 Å². The molecule has 3 rings (SSSR count). The highest BCUT2D eigenvalue weighted by Crippen LogP contribution is 2.27. The zero-order chi connectivity index (χ0) is 22.4. The fourth-order valence-corrected chi connectivity index (χ4v) is 5.28. The Bertz CT molecular complexity index is 1140. The molecule has 166 valence electrons. The lowest BCUT2D eigenvalue weighted by atomic mass is 10.0. The third-order valence-electron chi connectivity index (χ3n) is 4.52. The molecule has 3 N–H and O–H groups in total. The zero-order valence-corrected chi connectivity index (χ0v) is 19.6. The van der Waals surface area contributed by atoms with Crippen LogP contribution in [0.25, 0.3) is 0 Å². The number of carbonyl (C=O) groups is 1. The van der Waals surface area contributed by atoms with Crippen LogP contribution in [0, 0.1) is 0 Å². The number of anilines is 1. The van der Waals surface area contributed by atoms with Gasteiger partial charge in [0.25, 0.3) is 0 Å². The molecular formula is C20H24N4O4S3. The number of carbonyl (C=O) groups excluding carboxylic acids is 1. The van der Waals surface area contributed by atoms with Crippen molar-refractivity contribution in [2.24, 2.45) is 0 Å². The van der Waals surface area contributed by atoms with Gasteiger partial charge in [-0.15, -0.1) is 22.7 Å². The van der Waals surface area contributed by atoms with E-state index in [9.17, 15) is 17.8 Å². The Kier molecular flexibility index (Phi) is 7.76. The van der Waals surface area contributed by atoms with Gasteiger partial charge < -0.3 is 5.32 Å². The summed E-state index contributed by atoms with van der Waals surface area (Å²) in [5.41, 5.74) is 2.77. The Morgan fingerprint density at radius 1 is 1.10 bits per heavy atom. The Hall–Kier alpha value is -2.34. The number of rotatable bonds is 10. The summed E-state index contributed by atoms with van der Waals surface area (Å²) < 4.78 is 33.9. The van der Waals surface area contributed by atoms with Gasteiger partial charge in [0.15, 0.2) is 0 Å². The molecule has 0 saturated carbocycles. The van der Waals surface area contributed by atoms with E-state index in [1.807, 2.05) is 24.6 Å². The minimum Gasteiger partial charge on any atom is -0.346 e. The average molecular weight is 481 g/mol. The Labute approximate surface area is 189 Å². The molecule has 0 aliphatic heterocycles. The van der Waals surface area contributed by atoms with Crippen LogP contribution in [0.1, 0.15) is 46.9 Å². The fourth-order valence-electron chi connectivity index (χ4n) is 2.98. The Balaban J connectivity index is 1.83. The van der Waals surface area contributed by atoms with Gasteiger partial charge in [-0.2, -0.15) is 8.42 Å². The van der Waals surface area contributed by atoms with Gasteiger partial charge in [0, 0.05) is 17.2 Å². The SMILES string of the molecule is CCc1csc(CC(=O)NC(Cc2ccccc2NS(=O)(=O)O)c2nc(CC)cs2)n1. The lowest BCUT2D eigenvalue weighted by Crippen LogP contribution is -2.31. The second-order valence-electron chi connectivity index (χ2n) is 6.85. The maximum atomic E-state index is 12.8. The van der Waals surface area contributed by atoms with Gasteiger partial charge in [-0.25, -0.2) is 9.97 Å². The Morgan fingerprint density at radius 3 is 2.42 bits per heavy atom. The second-order valence-corrected chi connectivity index (χ2v) is 9.84. The van der Waals surface area contributed by atoms with Crippen LogP contribution in [-0.4, -0.2) is 28.8 Å². The van der Waals surface area contributed by atoms with Crippen LogP contribution in [-0.2, 0) is 40.8 Å². The van der Waals surface area contributed by atoms with Crippen molar-refractivity contribution in [2.45, 2.75) is 45.6 Å². The largest absolute Gasteiger partial charge is 0.357 e. The molecule has 1 unspecified atom stereocenters. The summed E-state index contributed by atoms with van der Waals surface area (Å²) in [6.07, 6.45) is 2.06. The van der Waals surface area contributed by atoms with E-state index in [2.05, 4.69) is 20.0 Å². The lowest BCUT2D eigenvalue weighted by molar-refractivity contribution is -0.121. The van der Waals surface area contributed by atoms with Gasteiger partial charge in [-0.3, -0.25) is 14.1 Å². The maximum absolute atomic E-state index is 12.8. The highest BCUT2D eigenvalue weighted by atomic mass is 32.2. The van der Waals surface area contributed by atoms with Gasteiger partial charge in [-0.05, 0) is 24.5 Å². The number of hydrogen-bond acceptors (Lipinski definition) is 7. The molecule has 1 aromatic carbocycles. The van der Waals surface area contributed by atoms with Crippen LogP contribution in [0.4, 0.5) is 5.69 Å². The van der Waals surface area contributed by atoms with E-state index in [4.69, 9.17) is 0 Å². The summed E-state index contributed by atoms with van der Waals surface area (Å²) in [6.45, 7) is 4.02. The first-order valence-electron chi connectivity index (χ1n) is 9.77.